The molecule has 2 fully saturated rings. The van der Waals surface area contributed by atoms with E-state index in [9.17, 15) is 18.0 Å². The first-order valence-corrected chi connectivity index (χ1v) is 14.7. The van der Waals surface area contributed by atoms with Gasteiger partial charge in [-0.15, -0.1) is 0 Å². The number of para-hydroxylation sites is 1. The van der Waals surface area contributed by atoms with Gasteiger partial charge >= 0.3 is 6.03 Å². The zero-order valence-corrected chi connectivity index (χ0v) is 23.9. The molecule has 0 aliphatic carbocycles. The number of piperazine rings is 1. The molecule has 11 heteroatoms. The summed E-state index contributed by atoms with van der Waals surface area (Å²) in [4.78, 5) is 32.4. The molecule has 2 aliphatic heterocycles. The lowest BCUT2D eigenvalue weighted by molar-refractivity contribution is -0.132. The molecule has 2 saturated heterocycles. The van der Waals surface area contributed by atoms with E-state index in [1.807, 2.05) is 6.92 Å². The Hall–Kier alpha value is -3.27. The van der Waals surface area contributed by atoms with Crippen molar-refractivity contribution < 1.29 is 18.0 Å². The van der Waals surface area contributed by atoms with E-state index < -0.39 is 22.1 Å². The Bertz CT molecular complexity index is 1510. The summed E-state index contributed by atoms with van der Waals surface area (Å²) in [5.41, 5.74) is 3.89. The number of nitrogens with zero attached hydrogens (tertiary/aromatic N) is 4. The largest absolute Gasteiger partial charge is 0.368 e. The zero-order chi connectivity index (χ0) is 27.9. The molecular weight excluding hydrogens is 559 g/mol. The van der Waals surface area contributed by atoms with E-state index in [1.54, 1.807) is 35.2 Å². The summed E-state index contributed by atoms with van der Waals surface area (Å²) in [6.07, 6.45) is 0. The average Bonchev–Trinajstić information content (AvgIpc) is 3.28. The van der Waals surface area contributed by atoms with Crippen molar-refractivity contribution in [2.45, 2.75) is 24.8 Å². The number of carbonyl (C=O) groups is 2. The number of halogens is 2. The lowest BCUT2D eigenvalue weighted by atomic mass is 10.1. The average molecular weight is 588 g/mol. The van der Waals surface area contributed by atoms with E-state index in [4.69, 9.17) is 23.2 Å². The molecule has 0 radical (unpaired) electrons. The van der Waals surface area contributed by atoms with Gasteiger partial charge in [-0.25, -0.2) is 17.5 Å². The highest BCUT2D eigenvalue weighted by Crippen LogP contribution is 2.36. The fourth-order valence-corrected chi connectivity index (χ4v) is 7.58. The summed E-state index contributed by atoms with van der Waals surface area (Å²) in [6.45, 7) is 5.90. The Morgan fingerprint density at radius 1 is 0.872 bits per heavy atom. The number of urea groups is 1. The second kappa shape index (κ2) is 10.7. The van der Waals surface area contributed by atoms with E-state index in [-0.39, 0.29) is 27.4 Å². The maximum atomic E-state index is 13.9. The van der Waals surface area contributed by atoms with Crippen molar-refractivity contribution in [1.82, 2.24) is 9.21 Å². The highest BCUT2D eigenvalue weighted by atomic mass is 35.5. The minimum atomic E-state index is -4.44. The highest BCUT2D eigenvalue weighted by molar-refractivity contribution is 7.90. The summed E-state index contributed by atoms with van der Waals surface area (Å²) in [6, 6.07) is 17.3. The van der Waals surface area contributed by atoms with Crippen LogP contribution in [0.25, 0.3) is 0 Å². The molecule has 0 aromatic heterocycles. The molecule has 8 nitrogen and oxygen atoms in total. The van der Waals surface area contributed by atoms with E-state index in [1.165, 1.54) is 23.1 Å². The molecule has 3 amide bonds. The van der Waals surface area contributed by atoms with Gasteiger partial charge in [-0.3, -0.25) is 9.69 Å². The fourth-order valence-electron chi connectivity index (χ4n) is 5.12. The second-order valence-corrected chi connectivity index (χ2v) is 12.3. The SMILES string of the molecule is Cc1ccc(C)c(N2CCN(C(=O)[C@@H]3CN(S(=O)(=O)c4c(Cl)cccc4Cl)C(=O)N3c3ccccc3)CC2)c1. The van der Waals surface area contributed by atoms with Crippen LogP contribution in [0.15, 0.2) is 71.6 Å². The Morgan fingerprint density at radius 2 is 1.51 bits per heavy atom. The van der Waals surface area contributed by atoms with Gasteiger partial charge in [0.1, 0.15) is 10.9 Å². The smallest absolute Gasteiger partial charge is 0.339 e. The Morgan fingerprint density at radius 3 is 2.15 bits per heavy atom. The number of benzene rings is 3. The number of sulfonamides is 1. The van der Waals surface area contributed by atoms with Crippen molar-refractivity contribution in [1.29, 1.82) is 0 Å². The van der Waals surface area contributed by atoms with Crippen molar-refractivity contribution >= 4 is 56.5 Å². The number of amides is 3. The van der Waals surface area contributed by atoms with Gasteiger partial charge in [0.25, 0.3) is 10.0 Å². The van der Waals surface area contributed by atoms with Gasteiger partial charge in [0.15, 0.2) is 0 Å². The monoisotopic (exact) mass is 586 g/mol. The highest BCUT2D eigenvalue weighted by Gasteiger charge is 2.49. The minimum absolute atomic E-state index is 0.0982. The van der Waals surface area contributed by atoms with E-state index in [0.29, 0.717) is 36.2 Å². The molecule has 1 atom stereocenters. The number of hydrogen-bond acceptors (Lipinski definition) is 5. The normalized spacial score (nSPS) is 18.2. The molecule has 0 saturated carbocycles. The summed E-state index contributed by atoms with van der Waals surface area (Å²) in [7, 11) is -4.44. The molecule has 204 valence electrons. The number of carbonyl (C=O) groups excluding carboxylic acids is 2. The molecule has 2 aliphatic rings. The second-order valence-electron chi connectivity index (χ2n) is 9.69. The summed E-state index contributed by atoms with van der Waals surface area (Å²) < 4.78 is 28.0. The van der Waals surface area contributed by atoms with Crippen LogP contribution in [-0.4, -0.2) is 68.3 Å². The van der Waals surface area contributed by atoms with Crippen molar-refractivity contribution in [3.05, 3.63) is 87.9 Å². The van der Waals surface area contributed by atoms with Crippen LogP contribution < -0.4 is 9.80 Å². The third-order valence-corrected chi connectivity index (χ3v) is 9.85. The van der Waals surface area contributed by atoms with Gasteiger partial charge in [0.2, 0.25) is 5.91 Å². The molecule has 0 unspecified atom stereocenters. The molecule has 0 bridgehead atoms. The van der Waals surface area contributed by atoms with Crippen LogP contribution in [0.5, 0.6) is 0 Å². The Labute approximate surface area is 238 Å². The minimum Gasteiger partial charge on any atom is -0.368 e. The Kier molecular flexibility index (Phi) is 7.50. The molecular formula is C28H28Cl2N4O4S. The van der Waals surface area contributed by atoms with Crippen LogP contribution in [0.1, 0.15) is 11.1 Å². The molecule has 0 N–H and O–H groups in total. The topological polar surface area (TPSA) is 81.2 Å². The van der Waals surface area contributed by atoms with Gasteiger partial charge in [-0.1, -0.05) is 59.6 Å². The van der Waals surface area contributed by atoms with Crippen LogP contribution in [0.4, 0.5) is 16.2 Å². The van der Waals surface area contributed by atoms with Crippen molar-refractivity contribution in [3.63, 3.8) is 0 Å². The standard InChI is InChI=1S/C28H28Cl2N4O4S/c1-19-11-12-20(2)24(17-19)31-13-15-32(16-14-31)27(35)25-18-33(28(36)34(25)21-7-4-3-5-8-21)39(37,38)26-22(29)9-6-10-23(26)30/h3-12,17,25H,13-16,18H2,1-2H3/t25-/m0/s1. The first-order chi connectivity index (χ1) is 18.6. The molecule has 39 heavy (non-hydrogen) atoms. The van der Waals surface area contributed by atoms with Crippen molar-refractivity contribution in [2.24, 2.45) is 0 Å². The maximum Gasteiger partial charge on any atom is 0.339 e. The third-order valence-electron chi connectivity index (χ3n) is 7.15. The quantitative estimate of drug-likeness (QED) is 0.422. The van der Waals surface area contributed by atoms with E-state index >= 15 is 0 Å². The Balaban J connectivity index is 1.43. The van der Waals surface area contributed by atoms with Crippen LogP contribution in [0.2, 0.25) is 10.0 Å². The predicted molar refractivity (Wildman–Crippen MR) is 153 cm³/mol. The molecule has 3 aromatic rings. The van der Waals surface area contributed by atoms with Crippen LogP contribution in [0.3, 0.4) is 0 Å². The van der Waals surface area contributed by atoms with Crippen LogP contribution >= 0.6 is 23.2 Å². The number of rotatable bonds is 5. The van der Waals surface area contributed by atoms with Crippen LogP contribution in [-0.2, 0) is 14.8 Å². The van der Waals surface area contributed by atoms with Gasteiger partial charge in [0, 0.05) is 37.6 Å². The lowest BCUT2D eigenvalue weighted by Crippen LogP contribution is -2.55. The van der Waals surface area contributed by atoms with Crippen molar-refractivity contribution in [2.75, 3.05) is 42.5 Å². The first-order valence-electron chi connectivity index (χ1n) is 12.6. The van der Waals surface area contributed by atoms with Gasteiger partial charge < -0.3 is 9.80 Å². The maximum absolute atomic E-state index is 13.9. The lowest BCUT2D eigenvalue weighted by Gasteiger charge is -2.38. The summed E-state index contributed by atoms with van der Waals surface area (Å²) in [5.74, 6) is -0.309. The predicted octanol–water partition coefficient (Wildman–Crippen LogP) is 4.96. The van der Waals surface area contributed by atoms with Crippen LogP contribution in [0, 0.1) is 13.8 Å². The third kappa shape index (κ3) is 5.06. The number of hydrogen-bond donors (Lipinski definition) is 0. The molecule has 3 aromatic carbocycles. The van der Waals surface area contributed by atoms with Gasteiger partial charge in [-0.05, 0) is 55.3 Å². The molecule has 5 rings (SSSR count). The van der Waals surface area contributed by atoms with Crippen molar-refractivity contribution in [3.8, 4) is 0 Å². The number of aryl methyl sites for hydroxylation is 2. The zero-order valence-electron chi connectivity index (χ0n) is 21.5. The van der Waals surface area contributed by atoms with E-state index in [0.717, 1.165) is 16.8 Å². The molecule has 2 heterocycles. The number of anilines is 2. The summed E-state index contributed by atoms with van der Waals surface area (Å²) in [5, 5.41) is -0.196. The molecule has 0 spiro atoms. The summed E-state index contributed by atoms with van der Waals surface area (Å²) >= 11 is 12.4. The first kappa shape index (κ1) is 27.3. The fraction of sp³-hybridized carbons (Fsp3) is 0.286. The van der Waals surface area contributed by atoms with Gasteiger partial charge in [-0.2, -0.15) is 0 Å². The van der Waals surface area contributed by atoms with Gasteiger partial charge in [0.05, 0.1) is 16.6 Å². The van der Waals surface area contributed by atoms with E-state index in [2.05, 4.69) is 30.0 Å².